The van der Waals surface area contributed by atoms with Gasteiger partial charge in [-0.1, -0.05) is 0 Å². The lowest BCUT2D eigenvalue weighted by Gasteiger charge is -2.25. The van der Waals surface area contributed by atoms with Gasteiger partial charge < -0.3 is 14.9 Å². The second kappa shape index (κ2) is 6.07. The van der Waals surface area contributed by atoms with Gasteiger partial charge in [0.25, 0.3) is 5.91 Å². The van der Waals surface area contributed by atoms with Crippen LogP contribution in [-0.2, 0) is 4.79 Å². The average molecular weight is 295 g/mol. The van der Waals surface area contributed by atoms with Crippen LogP contribution in [0.1, 0.15) is 23.2 Å². The zero-order valence-corrected chi connectivity index (χ0v) is 12.0. The van der Waals surface area contributed by atoms with Crippen LogP contribution in [0, 0.1) is 0 Å². The molecule has 1 fully saturated rings. The van der Waals surface area contributed by atoms with Gasteiger partial charge in [-0.05, 0) is 12.1 Å². The number of carbonyl (C=O) groups excluding carboxylic acids is 1. The SMILES string of the molecule is CN(C)c1ncccc1C(=O)N1C[C@@H](F)C[C@H]1CC(=O)O. The van der Waals surface area contributed by atoms with Gasteiger partial charge in [-0.3, -0.25) is 9.59 Å². The molecule has 21 heavy (non-hydrogen) atoms. The van der Waals surface area contributed by atoms with Crippen LogP contribution >= 0.6 is 0 Å². The quantitative estimate of drug-likeness (QED) is 0.902. The van der Waals surface area contributed by atoms with Gasteiger partial charge in [0.2, 0.25) is 0 Å². The van der Waals surface area contributed by atoms with Crippen molar-refractivity contribution in [3.8, 4) is 0 Å². The summed E-state index contributed by atoms with van der Waals surface area (Å²) in [7, 11) is 3.52. The highest BCUT2D eigenvalue weighted by molar-refractivity contribution is 5.99. The molecule has 6 nitrogen and oxygen atoms in total. The Kier molecular flexibility index (Phi) is 4.40. The van der Waals surface area contributed by atoms with E-state index in [2.05, 4.69) is 4.98 Å². The highest BCUT2D eigenvalue weighted by Crippen LogP contribution is 2.27. The lowest BCUT2D eigenvalue weighted by molar-refractivity contribution is -0.137. The molecular weight excluding hydrogens is 277 g/mol. The number of aliphatic carboxylic acids is 1. The number of pyridine rings is 1. The van der Waals surface area contributed by atoms with Crippen LogP contribution in [0.5, 0.6) is 0 Å². The lowest BCUT2D eigenvalue weighted by Crippen LogP contribution is -2.38. The summed E-state index contributed by atoms with van der Waals surface area (Å²) in [5.74, 6) is -0.928. The van der Waals surface area contributed by atoms with E-state index in [1.165, 1.54) is 4.90 Å². The zero-order chi connectivity index (χ0) is 15.6. The Morgan fingerprint density at radius 2 is 2.24 bits per heavy atom. The van der Waals surface area contributed by atoms with E-state index >= 15 is 0 Å². The Morgan fingerprint density at radius 1 is 1.52 bits per heavy atom. The predicted octanol–water partition coefficient (Wildman–Crippen LogP) is 1.17. The third-order valence-corrected chi connectivity index (χ3v) is 3.48. The van der Waals surface area contributed by atoms with Crippen molar-refractivity contribution in [2.75, 3.05) is 25.5 Å². The smallest absolute Gasteiger partial charge is 0.305 e. The van der Waals surface area contributed by atoms with Crippen LogP contribution < -0.4 is 4.90 Å². The monoisotopic (exact) mass is 295 g/mol. The van der Waals surface area contributed by atoms with Gasteiger partial charge in [-0.15, -0.1) is 0 Å². The van der Waals surface area contributed by atoms with E-state index in [0.29, 0.717) is 11.4 Å². The van der Waals surface area contributed by atoms with Crippen LogP contribution in [-0.4, -0.2) is 59.7 Å². The summed E-state index contributed by atoms with van der Waals surface area (Å²) < 4.78 is 13.6. The number of carboxylic acid groups (broad SMARTS) is 1. The molecule has 1 saturated heterocycles. The van der Waals surface area contributed by atoms with Crippen molar-refractivity contribution in [3.05, 3.63) is 23.9 Å². The topological polar surface area (TPSA) is 73.7 Å². The van der Waals surface area contributed by atoms with E-state index in [4.69, 9.17) is 5.11 Å². The summed E-state index contributed by atoms with van der Waals surface area (Å²) in [6, 6.07) is 2.64. The first-order valence-corrected chi connectivity index (χ1v) is 6.69. The van der Waals surface area contributed by atoms with Crippen LogP contribution in [0.25, 0.3) is 0 Å². The normalized spacial score (nSPS) is 21.4. The molecule has 114 valence electrons. The summed E-state index contributed by atoms with van der Waals surface area (Å²) in [6.07, 6.45) is 0.208. The van der Waals surface area contributed by atoms with Crippen molar-refractivity contribution in [2.24, 2.45) is 0 Å². The Labute approximate surface area is 122 Å². The maximum atomic E-state index is 13.6. The minimum Gasteiger partial charge on any atom is -0.481 e. The minimum atomic E-state index is -1.18. The van der Waals surface area contributed by atoms with Gasteiger partial charge in [0, 0.05) is 32.8 Å². The number of carboxylic acids is 1. The molecule has 0 saturated carbocycles. The first-order valence-electron chi connectivity index (χ1n) is 6.69. The molecular formula is C14H18FN3O3. The number of carbonyl (C=O) groups is 2. The average Bonchev–Trinajstić information content (AvgIpc) is 2.77. The van der Waals surface area contributed by atoms with Crippen molar-refractivity contribution in [2.45, 2.75) is 25.1 Å². The summed E-state index contributed by atoms with van der Waals surface area (Å²) in [5.41, 5.74) is 0.354. The molecule has 0 unspecified atom stereocenters. The third kappa shape index (κ3) is 3.29. The largest absolute Gasteiger partial charge is 0.481 e. The predicted molar refractivity (Wildman–Crippen MR) is 75.2 cm³/mol. The van der Waals surface area contributed by atoms with Gasteiger partial charge in [0.1, 0.15) is 12.0 Å². The number of rotatable bonds is 4. The number of anilines is 1. The minimum absolute atomic E-state index is 0.0651. The van der Waals surface area contributed by atoms with E-state index in [1.54, 1.807) is 37.3 Å². The van der Waals surface area contributed by atoms with Gasteiger partial charge in [0.05, 0.1) is 18.5 Å². The molecule has 2 heterocycles. The van der Waals surface area contributed by atoms with E-state index in [9.17, 15) is 14.0 Å². The van der Waals surface area contributed by atoms with E-state index < -0.39 is 18.2 Å². The Balaban J connectivity index is 2.28. The Bertz CT molecular complexity index is 550. The van der Waals surface area contributed by atoms with Gasteiger partial charge in [0.15, 0.2) is 0 Å². The fourth-order valence-electron chi connectivity index (χ4n) is 2.58. The number of likely N-dealkylation sites (tertiary alicyclic amines) is 1. The molecule has 0 aromatic carbocycles. The zero-order valence-electron chi connectivity index (χ0n) is 12.0. The first-order chi connectivity index (χ1) is 9.90. The number of alkyl halides is 1. The second-order valence-electron chi connectivity index (χ2n) is 5.31. The van der Waals surface area contributed by atoms with Crippen LogP contribution in [0.15, 0.2) is 18.3 Å². The fraction of sp³-hybridized carbons (Fsp3) is 0.500. The number of nitrogens with zero attached hydrogens (tertiary/aromatic N) is 3. The number of aromatic nitrogens is 1. The highest BCUT2D eigenvalue weighted by atomic mass is 19.1. The summed E-state index contributed by atoms with van der Waals surface area (Å²) >= 11 is 0. The first kappa shape index (κ1) is 15.2. The Morgan fingerprint density at radius 3 is 2.86 bits per heavy atom. The molecule has 1 N–H and O–H groups in total. The number of hydrogen-bond acceptors (Lipinski definition) is 4. The number of hydrogen-bond donors (Lipinski definition) is 1. The molecule has 0 bridgehead atoms. The Hall–Kier alpha value is -2.18. The lowest BCUT2D eigenvalue weighted by atomic mass is 10.1. The molecule has 1 aromatic heterocycles. The molecule has 0 spiro atoms. The summed E-state index contributed by atoms with van der Waals surface area (Å²) in [5, 5.41) is 8.89. The molecule has 2 atom stereocenters. The van der Waals surface area contributed by atoms with Crippen molar-refractivity contribution in [3.63, 3.8) is 0 Å². The molecule has 1 amide bonds. The van der Waals surface area contributed by atoms with E-state index in [0.717, 1.165) is 0 Å². The fourth-order valence-corrected chi connectivity index (χ4v) is 2.58. The molecule has 1 aliphatic rings. The van der Waals surface area contributed by atoms with Gasteiger partial charge >= 0.3 is 5.97 Å². The van der Waals surface area contributed by atoms with E-state index in [-0.39, 0.29) is 25.3 Å². The van der Waals surface area contributed by atoms with Crippen LogP contribution in [0.4, 0.5) is 10.2 Å². The van der Waals surface area contributed by atoms with Gasteiger partial charge in [-0.25, -0.2) is 9.37 Å². The van der Waals surface area contributed by atoms with Crippen LogP contribution in [0.3, 0.4) is 0 Å². The van der Waals surface area contributed by atoms with Crippen molar-refractivity contribution < 1.29 is 19.1 Å². The number of amides is 1. The standard InChI is InChI=1S/C14H18FN3O3/c1-17(2)13-11(4-3-5-16-13)14(21)18-8-9(15)6-10(18)7-12(19)20/h3-5,9-10H,6-8H2,1-2H3,(H,19,20)/t9-,10-/m0/s1. The molecule has 7 heteroatoms. The highest BCUT2D eigenvalue weighted by Gasteiger charge is 2.37. The number of halogens is 1. The summed E-state index contributed by atoms with van der Waals surface area (Å²) in [6.45, 7) is -0.0709. The maximum absolute atomic E-state index is 13.6. The van der Waals surface area contributed by atoms with Crippen LogP contribution in [0.2, 0.25) is 0 Å². The molecule has 2 rings (SSSR count). The summed E-state index contributed by atoms with van der Waals surface area (Å²) in [4.78, 5) is 30.6. The van der Waals surface area contributed by atoms with Crippen molar-refractivity contribution in [1.29, 1.82) is 0 Å². The molecule has 1 aliphatic heterocycles. The maximum Gasteiger partial charge on any atom is 0.305 e. The van der Waals surface area contributed by atoms with E-state index in [1.807, 2.05) is 0 Å². The van der Waals surface area contributed by atoms with Crippen molar-refractivity contribution >= 4 is 17.7 Å². The molecule has 0 radical (unpaired) electrons. The molecule has 0 aliphatic carbocycles. The van der Waals surface area contributed by atoms with Crippen molar-refractivity contribution in [1.82, 2.24) is 9.88 Å². The van der Waals surface area contributed by atoms with Gasteiger partial charge in [-0.2, -0.15) is 0 Å². The second-order valence-corrected chi connectivity index (χ2v) is 5.31. The third-order valence-electron chi connectivity index (χ3n) is 3.48. The molecule has 1 aromatic rings.